The highest BCUT2D eigenvalue weighted by molar-refractivity contribution is 5.94. The van der Waals surface area contributed by atoms with Gasteiger partial charge in [0.1, 0.15) is 0 Å². The van der Waals surface area contributed by atoms with Crippen molar-refractivity contribution in [2.24, 2.45) is 0 Å². The molecule has 0 amide bonds. The van der Waals surface area contributed by atoms with Crippen LogP contribution in [0, 0.1) is 13.8 Å². The minimum atomic E-state index is 0.00111. The van der Waals surface area contributed by atoms with Crippen LogP contribution >= 0.6 is 0 Å². The summed E-state index contributed by atoms with van der Waals surface area (Å²) in [7, 11) is 0. The normalized spacial score (nSPS) is 9.92. The monoisotopic (exact) mass is 163 g/mol. The van der Waals surface area contributed by atoms with Crippen LogP contribution < -0.4 is 0 Å². The molecule has 12 heavy (non-hydrogen) atoms. The first-order valence-corrected chi connectivity index (χ1v) is 3.81. The Labute approximate surface area is 71.8 Å². The molecule has 0 aromatic heterocycles. The molecule has 0 aliphatic rings. The second-order valence-corrected chi connectivity index (χ2v) is 3.00. The fourth-order valence-corrected chi connectivity index (χ4v) is 1.15. The van der Waals surface area contributed by atoms with Gasteiger partial charge in [-0.15, -0.1) is 0 Å². The van der Waals surface area contributed by atoms with Gasteiger partial charge < -0.3 is 0 Å². The molecule has 0 saturated heterocycles. The maximum Gasteiger partial charge on any atom is 0.184 e. The fourth-order valence-electron chi connectivity index (χ4n) is 1.15. The molecule has 0 N–H and O–H groups in total. The van der Waals surface area contributed by atoms with E-state index in [1.807, 2.05) is 0 Å². The molecule has 1 rings (SSSR count). The topological polar surface area (TPSA) is 37.0 Å². The first-order valence-electron chi connectivity index (χ1n) is 3.81. The molecule has 0 saturated carbocycles. The van der Waals surface area contributed by atoms with Gasteiger partial charge in [-0.1, -0.05) is 0 Å². The van der Waals surface area contributed by atoms with Crippen LogP contribution in [0.3, 0.4) is 0 Å². The second-order valence-electron chi connectivity index (χ2n) is 3.00. The number of aryl methyl sites for hydroxylation is 2. The summed E-state index contributed by atoms with van der Waals surface area (Å²) in [5.74, 6) is 0.0289. The molecule has 2 nitrogen and oxygen atoms in total. The number of benzene rings is 1. The molecule has 0 heterocycles. The van der Waals surface area contributed by atoms with E-state index in [4.69, 9.17) is 0 Å². The quantitative estimate of drug-likeness (QED) is 0.586. The first kappa shape index (κ1) is 8.78. The number of rotatable bonds is 1. The standard InChI is InChI=1S/C10H11O2/c1-6-4-9(8(3)11)5-7(2)10(6)12/h4-5H,1-3H3. The summed E-state index contributed by atoms with van der Waals surface area (Å²) in [6.45, 7) is 4.95. The van der Waals surface area contributed by atoms with Gasteiger partial charge in [-0.2, -0.15) is 0 Å². The average Bonchev–Trinajstić information content (AvgIpc) is 1.99. The zero-order valence-electron chi connectivity index (χ0n) is 7.47. The van der Waals surface area contributed by atoms with Crippen LogP contribution in [0.5, 0.6) is 5.75 Å². The van der Waals surface area contributed by atoms with E-state index in [0.717, 1.165) is 0 Å². The van der Waals surface area contributed by atoms with E-state index in [9.17, 15) is 9.90 Å². The summed E-state index contributed by atoms with van der Waals surface area (Å²) in [5.41, 5.74) is 1.89. The van der Waals surface area contributed by atoms with Crippen molar-refractivity contribution in [2.75, 3.05) is 0 Å². The largest absolute Gasteiger partial charge is 0.295 e. The number of hydrogen-bond donors (Lipinski definition) is 0. The van der Waals surface area contributed by atoms with Crippen molar-refractivity contribution >= 4 is 5.78 Å². The van der Waals surface area contributed by atoms with Crippen LogP contribution in [0.4, 0.5) is 0 Å². The third-order valence-electron chi connectivity index (χ3n) is 1.87. The van der Waals surface area contributed by atoms with Crippen molar-refractivity contribution in [1.82, 2.24) is 0 Å². The van der Waals surface area contributed by atoms with E-state index in [0.29, 0.717) is 16.7 Å². The number of hydrogen-bond acceptors (Lipinski definition) is 1. The molecule has 0 aliphatic carbocycles. The molecule has 63 valence electrons. The van der Waals surface area contributed by atoms with Crippen molar-refractivity contribution in [3.63, 3.8) is 0 Å². The Kier molecular flexibility index (Phi) is 2.18. The molecular weight excluding hydrogens is 152 g/mol. The minimum absolute atomic E-state index is 0.00111. The van der Waals surface area contributed by atoms with E-state index in [-0.39, 0.29) is 11.5 Å². The van der Waals surface area contributed by atoms with Crippen molar-refractivity contribution in [1.29, 1.82) is 0 Å². The van der Waals surface area contributed by atoms with Crippen LogP contribution in [-0.4, -0.2) is 5.78 Å². The molecule has 1 radical (unpaired) electrons. The minimum Gasteiger partial charge on any atom is -0.295 e. The van der Waals surface area contributed by atoms with E-state index in [1.165, 1.54) is 6.92 Å². The van der Waals surface area contributed by atoms with Gasteiger partial charge in [0.05, 0.1) is 0 Å². The lowest BCUT2D eigenvalue weighted by molar-refractivity contribution is 0.101. The van der Waals surface area contributed by atoms with Crippen molar-refractivity contribution < 1.29 is 9.90 Å². The Morgan fingerprint density at radius 2 is 1.58 bits per heavy atom. The smallest absolute Gasteiger partial charge is 0.184 e. The third kappa shape index (κ3) is 1.47. The summed E-state index contributed by atoms with van der Waals surface area (Å²) in [6, 6.07) is 3.27. The van der Waals surface area contributed by atoms with Crippen LogP contribution in [0.25, 0.3) is 0 Å². The number of ketones is 1. The summed E-state index contributed by atoms with van der Waals surface area (Å²) < 4.78 is 0. The Bertz CT molecular complexity index is 304. The highest BCUT2D eigenvalue weighted by Crippen LogP contribution is 2.23. The zero-order chi connectivity index (χ0) is 9.30. The predicted molar refractivity (Wildman–Crippen MR) is 46.1 cm³/mol. The summed E-state index contributed by atoms with van der Waals surface area (Å²) in [6.07, 6.45) is 0. The molecule has 0 atom stereocenters. The maximum atomic E-state index is 11.2. The summed E-state index contributed by atoms with van der Waals surface area (Å²) >= 11 is 0. The molecule has 2 heteroatoms. The highest BCUT2D eigenvalue weighted by atomic mass is 16.3. The molecule has 0 bridgehead atoms. The van der Waals surface area contributed by atoms with E-state index < -0.39 is 0 Å². The van der Waals surface area contributed by atoms with E-state index in [2.05, 4.69) is 0 Å². The maximum absolute atomic E-state index is 11.2. The Balaban J connectivity index is 3.31. The molecule has 1 aromatic carbocycles. The third-order valence-corrected chi connectivity index (χ3v) is 1.87. The molecular formula is C10H11O2. The number of carbonyl (C=O) groups is 1. The van der Waals surface area contributed by atoms with Crippen LogP contribution in [-0.2, 0) is 5.11 Å². The van der Waals surface area contributed by atoms with Gasteiger partial charge in [0.2, 0.25) is 0 Å². The van der Waals surface area contributed by atoms with E-state index in [1.54, 1.807) is 26.0 Å². The molecule has 1 aromatic rings. The van der Waals surface area contributed by atoms with E-state index >= 15 is 0 Å². The van der Waals surface area contributed by atoms with Gasteiger partial charge in [-0.25, -0.2) is 0 Å². The second kappa shape index (κ2) is 2.97. The van der Waals surface area contributed by atoms with Gasteiger partial charge in [0.25, 0.3) is 0 Å². The van der Waals surface area contributed by atoms with Crippen molar-refractivity contribution in [3.8, 4) is 5.75 Å². The average molecular weight is 163 g/mol. The lowest BCUT2D eigenvalue weighted by Crippen LogP contribution is -1.93. The lowest BCUT2D eigenvalue weighted by atomic mass is 10.0. The fraction of sp³-hybridized carbons (Fsp3) is 0.300. The Hall–Kier alpha value is -1.31. The Morgan fingerprint density at radius 3 is 1.92 bits per heavy atom. The van der Waals surface area contributed by atoms with Crippen LogP contribution in [0.15, 0.2) is 12.1 Å². The van der Waals surface area contributed by atoms with Crippen molar-refractivity contribution in [3.05, 3.63) is 28.8 Å². The lowest BCUT2D eigenvalue weighted by Gasteiger charge is -2.02. The Morgan fingerprint density at radius 1 is 1.17 bits per heavy atom. The van der Waals surface area contributed by atoms with Crippen molar-refractivity contribution in [2.45, 2.75) is 20.8 Å². The highest BCUT2D eigenvalue weighted by Gasteiger charge is 2.07. The zero-order valence-corrected chi connectivity index (χ0v) is 7.47. The summed E-state index contributed by atoms with van der Waals surface area (Å²) in [4.78, 5) is 11.0. The van der Waals surface area contributed by atoms with Crippen LogP contribution in [0.2, 0.25) is 0 Å². The first-order chi connectivity index (χ1) is 5.52. The SMILES string of the molecule is CC(=O)c1cc(C)c([O])c(C)c1. The van der Waals surface area contributed by atoms with Gasteiger partial charge in [-0.05, 0) is 44.0 Å². The van der Waals surface area contributed by atoms with Gasteiger partial charge in [-0.3, -0.25) is 9.90 Å². The number of carbonyl (C=O) groups excluding carboxylic acids is 1. The number of Topliss-reactive ketones (excluding diaryl/α,β-unsaturated/α-hetero) is 1. The molecule has 0 spiro atoms. The molecule has 0 fully saturated rings. The molecule has 0 unspecified atom stereocenters. The van der Waals surface area contributed by atoms with Gasteiger partial charge in [0.15, 0.2) is 11.5 Å². The van der Waals surface area contributed by atoms with Gasteiger partial charge in [0, 0.05) is 5.56 Å². The van der Waals surface area contributed by atoms with Crippen LogP contribution in [0.1, 0.15) is 28.4 Å². The summed E-state index contributed by atoms with van der Waals surface area (Å²) in [5, 5.41) is 11.2. The predicted octanol–water partition coefficient (Wildman–Crippen LogP) is 2.65. The molecule has 0 aliphatic heterocycles. The van der Waals surface area contributed by atoms with Gasteiger partial charge >= 0.3 is 0 Å².